The number of carboxylic acid groups (broad SMARTS) is 1. The van der Waals surface area contributed by atoms with Crippen LogP contribution in [0.4, 0.5) is 13.2 Å². The van der Waals surface area contributed by atoms with E-state index >= 15 is 0 Å². The molecule has 0 heterocycles. The lowest BCUT2D eigenvalue weighted by Gasteiger charge is -2.39. The van der Waals surface area contributed by atoms with Crippen LogP contribution in [0, 0.1) is 0 Å². The van der Waals surface area contributed by atoms with E-state index in [0.717, 1.165) is 0 Å². The maximum atomic E-state index is 10.5. The topological polar surface area (TPSA) is 40.1 Å². The Balaban J connectivity index is 0. The molecule has 24 heavy (non-hydrogen) atoms. The molecule has 0 aromatic carbocycles. The quantitative estimate of drug-likeness (QED) is 0.490. The Labute approximate surface area is 145 Å². The van der Waals surface area contributed by atoms with Gasteiger partial charge >= 0.3 is 6.18 Å². The molecule has 0 aliphatic carbocycles. The van der Waals surface area contributed by atoms with Crippen LogP contribution < -0.4 is 5.11 Å². The fourth-order valence-electron chi connectivity index (χ4n) is 2.64. The van der Waals surface area contributed by atoms with E-state index in [4.69, 9.17) is 9.90 Å². The Morgan fingerprint density at radius 1 is 0.750 bits per heavy atom. The van der Waals surface area contributed by atoms with Crippen molar-refractivity contribution in [1.82, 2.24) is 0 Å². The van der Waals surface area contributed by atoms with Crippen molar-refractivity contribution >= 4 is 5.97 Å². The van der Waals surface area contributed by atoms with Crippen LogP contribution >= 0.6 is 0 Å². The van der Waals surface area contributed by atoms with Crippen molar-refractivity contribution in [2.75, 3.05) is 26.2 Å². The molecule has 0 bridgehead atoms. The standard InChI is InChI=1S/C16H36N.C2HF3O2/c1-5-9-13-17(14-10-6-2,15-11-7-3)16-12-8-4;3-2(4,5)1(6)7/h5-16H2,1-4H3;(H,6,7)/q+1;/p-1. The molecular formula is C18H36F3NO2. The van der Waals surface area contributed by atoms with Crippen LogP contribution in [0.5, 0.6) is 0 Å². The highest BCUT2D eigenvalue weighted by Crippen LogP contribution is 2.16. The molecule has 0 rings (SSSR count). The molecule has 146 valence electrons. The van der Waals surface area contributed by atoms with Gasteiger partial charge in [0.2, 0.25) is 0 Å². The average molecular weight is 355 g/mol. The number of hydrogen-bond donors (Lipinski definition) is 0. The lowest BCUT2D eigenvalue weighted by molar-refractivity contribution is -0.929. The molecule has 0 aromatic rings. The van der Waals surface area contributed by atoms with Crippen LogP contribution in [-0.2, 0) is 4.79 Å². The third-order valence-corrected chi connectivity index (χ3v) is 4.18. The Hall–Kier alpha value is -0.780. The first-order chi connectivity index (χ1) is 11.2. The molecule has 0 saturated carbocycles. The summed E-state index contributed by atoms with van der Waals surface area (Å²) in [6.07, 6.45) is 5.87. The Morgan fingerprint density at radius 2 is 0.958 bits per heavy atom. The number of unbranched alkanes of at least 4 members (excludes halogenated alkanes) is 4. The van der Waals surface area contributed by atoms with Crippen molar-refractivity contribution in [3.63, 3.8) is 0 Å². The van der Waals surface area contributed by atoms with Crippen molar-refractivity contribution in [3.05, 3.63) is 0 Å². The highest BCUT2D eigenvalue weighted by atomic mass is 19.4. The molecule has 0 aliphatic rings. The molecule has 0 saturated heterocycles. The summed E-state index contributed by atoms with van der Waals surface area (Å²) in [6.45, 7) is 15.0. The molecule has 0 amide bonds. The van der Waals surface area contributed by atoms with E-state index in [1.807, 2.05) is 0 Å². The van der Waals surface area contributed by atoms with Gasteiger partial charge in [0.05, 0.1) is 26.2 Å². The fourth-order valence-corrected chi connectivity index (χ4v) is 2.64. The van der Waals surface area contributed by atoms with Gasteiger partial charge in [-0.1, -0.05) is 53.4 Å². The number of carboxylic acids is 1. The molecule has 0 atom stereocenters. The van der Waals surface area contributed by atoms with Crippen LogP contribution in [0.1, 0.15) is 79.1 Å². The highest BCUT2D eigenvalue weighted by Gasteiger charge is 2.28. The maximum Gasteiger partial charge on any atom is 0.430 e. The van der Waals surface area contributed by atoms with Gasteiger partial charge in [0.25, 0.3) is 0 Å². The minimum atomic E-state index is -5.19. The summed E-state index contributed by atoms with van der Waals surface area (Å²) in [5.74, 6) is -3.01. The molecule has 0 aliphatic heterocycles. The first-order valence-corrected chi connectivity index (χ1v) is 9.32. The maximum absolute atomic E-state index is 10.5. The van der Waals surface area contributed by atoms with Crippen molar-refractivity contribution in [2.45, 2.75) is 85.2 Å². The molecule has 0 N–H and O–H groups in total. The normalized spacial score (nSPS) is 11.8. The number of aliphatic carboxylic acids is 1. The molecule has 0 unspecified atom stereocenters. The van der Waals surface area contributed by atoms with Gasteiger partial charge in [0.1, 0.15) is 5.97 Å². The van der Waals surface area contributed by atoms with Gasteiger partial charge in [-0.05, 0) is 25.7 Å². The Bertz CT molecular complexity index is 270. The van der Waals surface area contributed by atoms with Gasteiger partial charge in [0, 0.05) is 0 Å². The number of alkyl halides is 3. The zero-order valence-corrected chi connectivity index (χ0v) is 15.9. The second-order valence-corrected chi connectivity index (χ2v) is 6.44. The van der Waals surface area contributed by atoms with E-state index in [1.54, 1.807) is 0 Å². The van der Waals surface area contributed by atoms with E-state index in [0.29, 0.717) is 0 Å². The molecule has 0 fully saturated rings. The number of hydrogen-bond acceptors (Lipinski definition) is 2. The first kappa shape index (κ1) is 25.5. The molecular weight excluding hydrogens is 319 g/mol. The number of carbonyl (C=O) groups excluding carboxylic acids is 1. The summed E-state index contributed by atoms with van der Waals surface area (Å²) in [5, 5.41) is 8.78. The zero-order chi connectivity index (χ0) is 19.1. The summed E-state index contributed by atoms with van der Waals surface area (Å²) in [7, 11) is 0. The predicted molar refractivity (Wildman–Crippen MR) is 90.4 cm³/mol. The second kappa shape index (κ2) is 14.6. The SMILES string of the molecule is CCCC[N+](CCCC)(CCCC)CCCC.O=C([O-])C(F)(F)F. The third-order valence-electron chi connectivity index (χ3n) is 4.18. The van der Waals surface area contributed by atoms with Crippen molar-refractivity contribution in [2.24, 2.45) is 0 Å². The number of quaternary nitrogens is 1. The third kappa shape index (κ3) is 13.6. The van der Waals surface area contributed by atoms with Gasteiger partial charge in [-0.25, -0.2) is 0 Å². The van der Waals surface area contributed by atoms with Crippen molar-refractivity contribution < 1.29 is 27.6 Å². The summed E-state index contributed by atoms with van der Waals surface area (Å²) < 4.78 is 33.0. The second-order valence-electron chi connectivity index (χ2n) is 6.44. The molecule has 6 heteroatoms. The van der Waals surface area contributed by atoms with Crippen molar-refractivity contribution in [1.29, 1.82) is 0 Å². The van der Waals surface area contributed by atoms with Gasteiger partial charge in [-0.15, -0.1) is 0 Å². The minimum Gasteiger partial charge on any atom is -0.542 e. The van der Waals surface area contributed by atoms with Crippen LogP contribution in [0.3, 0.4) is 0 Å². The first-order valence-electron chi connectivity index (χ1n) is 9.32. The van der Waals surface area contributed by atoms with Crippen molar-refractivity contribution in [3.8, 4) is 0 Å². The van der Waals surface area contributed by atoms with Crippen LogP contribution in [0.25, 0.3) is 0 Å². The zero-order valence-electron chi connectivity index (χ0n) is 15.9. The summed E-state index contributed by atoms with van der Waals surface area (Å²) in [4.78, 5) is 8.78. The Kier molecular flexibility index (Phi) is 15.4. The molecule has 3 nitrogen and oxygen atoms in total. The van der Waals surface area contributed by atoms with E-state index in [1.165, 1.54) is 82.0 Å². The largest absolute Gasteiger partial charge is 0.542 e. The van der Waals surface area contributed by atoms with Crippen LogP contribution in [0.2, 0.25) is 0 Å². The molecule has 0 radical (unpaired) electrons. The van der Waals surface area contributed by atoms with Gasteiger partial charge < -0.3 is 14.4 Å². The monoisotopic (exact) mass is 355 g/mol. The van der Waals surface area contributed by atoms with E-state index < -0.39 is 12.1 Å². The lowest BCUT2D eigenvalue weighted by atomic mass is 10.1. The molecule has 0 spiro atoms. The van der Waals surface area contributed by atoms with Crippen LogP contribution in [0.15, 0.2) is 0 Å². The minimum absolute atomic E-state index is 1.35. The average Bonchev–Trinajstić information content (AvgIpc) is 2.53. The highest BCUT2D eigenvalue weighted by molar-refractivity contribution is 5.70. The summed E-state index contributed by atoms with van der Waals surface area (Å²) >= 11 is 0. The van der Waals surface area contributed by atoms with Gasteiger partial charge in [-0.3, -0.25) is 0 Å². The summed E-state index contributed by atoms with van der Waals surface area (Å²) in [6, 6.07) is 0. The number of carbonyl (C=O) groups is 1. The molecule has 0 aromatic heterocycles. The predicted octanol–water partition coefficient (Wildman–Crippen LogP) is 4.30. The fraction of sp³-hybridized carbons (Fsp3) is 0.944. The smallest absolute Gasteiger partial charge is 0.430 e. The Morgan fingerprint density at radius 3 is 1.08 bits per heavy atom. The van der Waals surface area contributed by atoms with Crippen LogP contribution in [-0.4, -0.2) is 42.8 Å². The van der Waals surface area contributed by atoms with E-state index in [2.05, 4.69) is 27.7 Å². The van der Waals surface area contributed by atoms with E-state index in [-0.39, 0.29) is 0 Å². The van der Waals surface area contributed by atoms with Gasteiger partial charge in [-0.2, -0.15) is 13.2 Å². The summed E-state index contributed by atoms with van der Waals surface area (Å²) in [5.41, 5.74) is 0. The van der Waals surface area contributed by atoms with Gasteiger partial charge in [0.15, 0.2) is 0 Å². The number of rotatable bonds is 12. The van der Waals surface area contributed by atoms with E-state index in [9.17, 15) is 13.2 Å². The lowest BCUT2D eigenvalue weighted by Crippen LogP contribution is -2.50. The number of halogens is 3. The number of nitrogens with zero attached hydrogens (tertiary/aromatic N) is 1.